The Morgan fingerprint density at radius 1 is 0.714 bits per heavy atom. The topological polar surface area (TPSA) is 56.5 Å². The fraction of sp³-hybridized carbons (Fsp3) is 0.0870. The summed E-state index contributed by atoms with van der Waals surface area (Å²) in [7, 11) is 3.17. The lowest BCUT2D eigenvalue weighted by atomic mass is 10.1. The van der Waals surface area contributed by atoms with Crippen molar-refractivity contribution in [2.75, 3.05) is 14.2 Å². The van der Waals surface area contributed by atoms with Crippen LogP contribution in [0.4, 0.5) is 0 Å². The van der Waals surface area contributed by atoms with Gasteiger partial charge in [-0.2, -0.15) is 4.73 Å². The molecule has 140 valence electrons. The maximum absolute atomic E-state index is 11.1. The van der Waals surface area contributed by atoms with Gasteiger partial charge >= 0.3 is 0 Å². The molecule has 0 aliphatic rings. The van der Waals surface area contributed by atoms with Gasteiger partial charge in [0.1, 0.15) is 11.4 Å². The quantitative estimate of drug-likeness (QED) is 0.493. The molecule has 0 unspecified atom stereocenters. The van der Waals surface area contributed by atoms with Crippen LogP contribution in [-0.2, 0) is 0 Å². The van der Waals surface area contributed by atoms with E-state index < -0.39 is 0 Å². The van der Waals surface area contributed by atoms with Crippen LogP contribution in [0, 0.1) is 0 Å². The highest BCUT2D eigenvalue weighted by molar-refractivity contribution is 5.82. The van der Waals surface area contributed by atoms with Crippen molar-refractivity contribution in [1.82, 2.24) is 9.71 Å². The lowest BCUT2D eigenvalue weighted by molar-refractivity contribution is 0.195. The molecule has 28 heavy (non-hydrogen) atoms. The summed E-state index contributed by atoms with van der Waals surface area (Å²) in [6.45, 7) is 0. The number of imidazole rings is 1. The second-order valence-corrected chi connectivity index (χ2v) is 6.25. The minimum atomic E-state index is 0.429. The lowest BCUT2D eigenvalue weighted by Gasteiger charge is -2.09. The molecule has 0 amide bonds. The third-order valence-electron chi connectivity index (χ3n) is 4.59. The van der Waals surface area contributed by atoms with Gasteiger partial charge in [-0.05, 0) is 18.2 Å². The van der Waals surface area contributed by atoms with E-state index in [-0.39, 0.29) is 0 Å². The normalized spacial score (nSPS) is 10.6. The average molecular weight is 372 g/mol. The van der Waals surface area contributed by atoms with Gasteiger partial charge in [0.05, 0.1) is 14.2 Å². The Morgan fingerprint density at radius 3 is 1.93 bits per heavy atom. The zero-order valence-electron chi connectivity index (χ0n) is 15.7. The second-order valence-electron chi connectivity index (χ2n) is 6.25. The largest absolute Gasteiger partial charge is 0.493 e. The third kappa shape index (κ3) is 3.07. The number of aromatic nitrogens is 2. The molecule has 4 rings (SSSR count). The maximum Gasteiger partial charge on any atom is 0.176 e. The van der Waals surface area contributed by atoms with E-state index in [2.05, 4.69) is 0 Å². The van der Waals surface area contributed by atoms with Gasteiger partial charge in [0.15, 0.2) is 17.3 Å². The number of nitrogens with zero attached hydrogens (tertiary/aromatic N) is 2. The Labute approximate surface area is 163 Å². The van der Waals surface area contributed by atoms with Crippen LogP contribution in [0.15, 0.2) is 78.9 Å². The predicted molar refractivity (Wildman–Crippen MR) is 109 cm³/mol. The maximum atomic E-state index is 11.1. The van der Waals surface area contributed by atoms with Gasteiger partial charge in [-0.15, -0.1) is 0 Å². The molecule has 0 radical (unpaired) electrons. The minimum Gasteiger partial charge on any atom is -0.493 e. The highest BCUT2D eigenvalue weighted by Gasteiger charge is 2.21. The number of hydrogen-bond acceptors (Lipinski definition) is 4. The van der Waals surface area contributed by atoms with Crippen LogP contribution in [0.3, 0.4) is 0 Å². The van der Waals surface area contributed by atoms with Crippen molar-refractivity contribution in [2.24, 2.45) is 0 Å². The average Bonchev–Trinajstić information content (AvgIpc) is 3.11. The fourth-order valence-corrected chi connectivity index (χ4v) is 3.23. The number of ether oxygens (including phenoxy) is 2. The summed E-state index contributed by atoms with van der Waals surface area (Å²) in [5.74, 6) is 1.62. The molecule has 1 heterocycles. The molecule has 0 atom stereocenters. The standard InChI is InChI=1S/C23H20N2O3/c1-27-19-14-13-18(15-20(19)28-2)23-24-21(16-9-5-3-6-10-16)22(25(23)26)17-11-7-4-8-12-17/h3-15,26H,1-2H3. The first kappa shape index (κ1) is 17.7. The molecule has 5 heteroatoms. The fourth-order valence-electron chi connectivity index (χ4n) is 3.23. The van der Waals surface area contributed by atoms with E-state index in [4.69, 9.17) is 14.5 Å². The van der Waals surface area contributed by atoms with Crippen LogP contribution in [0.2, 0.25) is 0 Å². The van der Waals surface area contributed by atoms with Gasteiger partial charge in [-0.3, -0.25) is 0 Å². The summed E-state index contributed by atoms with van der Waals surface area (Å²) in [5.41, 5.74) is 3.87. The highest BCUT2D eigenvalue weighted by atomic mass is 16.5. The SMILES string of the molecule is COc1ccc(-c2nc(-c3ccccc3)c(-c3ccccc3)n2O)cc1OC. The van der Waals surface area contributed by atoms with E-state index >= 15 is 0 Å². The van der Waals surface area contributed by atoms with Crippen molar-refractivity contribution in [3.63, 3.8) is 0 Å². The van der Waals surface area contributed by atoms with Gasteiger partial charge in [0, 0.05) is 16.7 Å². The summed E-state index contributed by atoms with van der Waals surface area (Å²) in [4.78, 5) is 4.77. The van der Waals surface area contributed by atoms with E-state index in [1.54, 1.807) is 26.4 Å². The zero-order valence-corrected chi connectivity index (χ0v) is 15.7. The van der Waals surface area contributed by atoms with Crippen LogP contribution >= 0.6 is 0 Å². The number of benzene rings is 3. The van der Waals surface area contributed by atoms with Crippen LogP contribution in [0.25, 0.3) is 33.9 Å². The van der Waals surface area contributed by atoms with Gasteiger partial charge in [-0.25, -0.2) is 4.98 Å². The molecule has 0 aliphatic carbocycles. The summed E-state index contributed by atoms with van der Waals surface area (Å²) >= 11 is 0. The van der Waals surface area contributed by atoms with Gasteiger partial charge in [0.25, 0.3) is 0 Å². The summed E-state index contributed by atoms with van der Waals surface area (Å²) in [6, 6.07) is 25.0. The zero-order chi connectivity index (χ0) is 19.5. The van der Waals surface area contributed by atoms with Crippen molar-refractivity contribution in [3.8, 4) is 45.4 Å². The molecule has 0 spiro atoms. The van der Waals surface area contributed by atoms with E-state index in [0.29, 0.717) is 28.7 Å². The van der Waals surface area contributed by atoms with Gasteiger partial charge in [-0.1, -0.05) is 60.7 Å². The summed E-state index contributed by atoms with van der Waals surface area (Å²) in [6.07, 6.45) is 0. The first-order valence-corrected chi connectivity index (χ1v) is 8.88. The monoisotopic (exact) mass is 372 g/mol. The van der Waals surface area contributed by atoms with E-state index in [0.717, 1.165) is 21.4 Å². The molecular formula is C23H20N2O3. The molecule has 0 saturated carbocycles. The Kier molecular flexibility index (Phi) is 4.72. The van der Waals surface area contributed by atoms with Crippen molar-refractivity contribution >= 4 is 0 Å². The minimum absolute atomic E-state index is 0.429. The van der Waals surface area contributed by atoms with Crippen LogP contribution < -0.4 is 9.47 Å². The Balaban J connectivity index is 1.94. The van der Waals surface area contributed by atoms with Crippen LogP contribution in [0.1, 0.15) is 0 Å². The Morgan fingerprint density at radius 2 is 1.32 bits per heavy atom. The van der Waals surface area contributed by atoms with Crippen molar-refractivity contribution in [3.05, 3.63) is 78.9 Å². The smallest absolute Gasteiger partial charge is 0.176 e. The molecule has 0 bridgehead atoms. The van der Waals surface area contributed by atoms with Crippen LogP contribution in [-0.4, -0.2) is 29.1 Å². The number of rotatable bonds is 5. The van der Waals surface area contributed by atoms with Crippen molar-refractivity contribution in [1.29, 1.82) is 0 Å². The molecule has 0 fully saturated rings. The van der Waals surface area contributed by atoms with Crippen molar-refractivity contribution < 1.29 is 14.7 Å². The molecule has 0 aliphatic heterocycles. The van der Waals surface area contributed by atoms with Crippen molar-refractivity contribution in [2.45, 2.75) is 0 Å². The Bertz CT molecular complexity index is 1090. The first-order chi connectivity index (χ1) is 13.7. The Hall–Kier alpha value is -3.73. The molecule has 4 aromatic rings. The number of hydrogen-bond donors (Lipinski definition) is 1. The number of methoxy groups -OCH3 is 2. The highest BCUT2D eigenvalue weighted by Crippen LogP contribution is 2.37. The summed E-state index contributed by atoms with van der Waals surface area (Å²) in [5, 5.41) is 11.1. The van der Waals surface area contributed by atoms with Gasteiger partial charge in [0.2, 0.25) is 0 Å². The molecular weight excluding hydrogens is 352 g/mol. The lowest BCUT2D eigenvalue weighted by Crippen LogP contribution is -1.98. The molecule has 3 aromatic carbocycles. The predicted octanol–water partition coefficient (Wildman–Crippen LogP) is 5.14. The molecule has 0 saturated heterocycles. The third-order valence-corrected chi connectivity index (χ3v) is 4.59. The van der Waals surface area contributed by atoms with Gasteiger partial charge < -0.3 is 14.7 Å². The molecule has 1 aromatic heterocycles. The van der Waals surface area contributed by atoms with E-state index in [1.165, 1.54) is 0 Å². The summed E-state index contributed by atoms with van der Waals surface area (Å²) < 4.78 is 11.8. The molecule has 1 N–H and O–H groups in total. The van der Waals surface area contributed by atoms with E-state index in [9.17, 15) is 5.21 Å². The van der Waals surface area contributed by atoms with E-state index in [1.807, 2.05) is 66.7 Å². The van der Waals surface area contributed by atoms with Crippen LogP contribution in [0.5, 0.6) is 11.5 Å². The molecule has 5 nitrogen and oxygen atoms in total. The first-order valence-electron chi connectivity index (χ1n) is 8.88. The second kappa shape index (κ2) is 7.48.